The third-order valence-electron chi connectivity index (χ3n) is 6.23. The number of aryl methyl sites for hydroxylation is 1. The molecule has 39 heavy (non-hydrogen) atoms. The fraction of sp³-hybridized carbons (Fsp3) is 0.280. The van der Waals surface area contributed by atoms with E-state index in [0.717, 1.165) is 12.1 Å². The van der Waals surface area contributed by atoms with Crippen LogP contribution in [0.5, 0.6) is 11.5 Å². The Kier molecular flexibility index (Phi) is 6.97. The van der Waals surface area contributed by atoms with Gasteiger partial charge in [0.25, 0.3) is 10.0 Å². The van der Waals surface area contributed by atoms with E-state index in [-0.39, 0.29) is 22.8 Å². The average Bonchev–Trinajstić information content (AvgIpc) is 3.35. The highest BCUT2D eigenvalue weighted by molar-refractivity contribution is 7.90. The number of ether oxygens (including phenoxy) is 2. The molecule has 1 aromatic heterocycles. The molecule has 2 aromatic carbocycles. The van der Waals surface area contributed by atoms with Crippen LogP contribution in [0.2, 0.25) is 0 Å². The smallest absolute Gasteiger partial charge is 0.416 e. The number of rotatable bonds is 5. The average molecular weight is 567 g/mol. The summed E-state index contributed by atoms with van der Waals surface area (Å²) in [7, 11) is -4.29. The van der Waals surface area contributed by atoms with Crippen LogP contribution in [-0.2, 0) is 22.6 Å². The molecule has 2 amide bonds. The largest absolute Gasteiger partial charge is 0.486 e. The Morgan fingerprint density at radius 1 is 1.03 bits per heavy atom. The monoisotopic (exact) mass is 566 g/mol. The third-order valence-corrected chi connectivity index (χ3v) is 7.55. The highest BCUT2D eigenvalue weighted by atomic mass is 32.2. The fourth-order valence-electron chi connectivity index (χ4n) is 4.38. The van der Waals surface area contributed by atoms with Gasteiger partial charge in [-0.25, -0.2) is 27.0 Å². The van der Waals surface area contributed by atoms with Gasteiger partial charge in [-0.2, -0.15) is 18.3 Å². The summed E-state index contributed by atoms with van der Waals surface area (Å²) >= 11 is 0. The first kappa shape index (κ1) is 26.5. The molecule has 5 rings (SSSR count). The molecule has 2 N–H and O–H groups in total. The fourth-order valence-corrected chi connectivity index (χ4v) is 5.33. The lowest BCUT2D eigenvalue weighted by Gasteiger charge is -2.20. The zero-order valence-corrected chi connectivity index (χ0v) is 21.0. The van der Waals surface area contributed by atoms with Crippen LogP contribution in [0, 0.1) is 0 Å². The molecule has 9 nitrogen and oxygen atoms in total. The van der Waals surface area contributed by atoms with Crippen molar-refractivity contribution in [1.29, 1.82) is 0 Å². The molecule has 0 unspecified atom stereocenters. The molecule has 0 radical (unpaired) electrons. The molecule has 0 spiro atoms. The predicted molar refractivity (Wildman–Crippen MR) is 131 cm³/mol. The summed E-state index contributed by atoms with van der Waals surface area (Å²) in [5.74, 6) is -0.129. The van der Waals surface area contributed by atoms with Crippen LogP contribution in [0.15, 0.2) is 59.4 Å². The molecule has 206 valence electrons. The number of allylic oxidation sites excluding steroid dienone is 1. The minimum Gasteiger partial charge on any atom is -0.486 e. The van der Waals surface area contributed by atoms with Gasteiger partial charge in [0.05, 0.1) is 34.6 Å². The van der Waals surface area contributed by atoms with Gasteiger partial charge in [0.1, 0.15) is 19.0 Å². The number of hydrogen-bond acceptors (Lipinski definition) is 6. The second-order valence-corrected chi connectivity index (χ2v) is 10.5. The quantitative estimate of drug-likeness (QED) is 0.444. The van der Waals surface area contributed by atoms with Crippen LogP contribution in [0.25, 0.3) is 11.3 Å². The van der Waals surface area contributed by atoms with Crippen molar-refractivity contribution in [3.8, 4) is 17.2 Å². The Morgan fingerprint density at radius 3 is 2.46 bits per heavy atom. The molecule has 0 fully saturated rings. The Hall–Kier alpha value is -4.07. The summed E-state index contributed by atoms with van der Waals surface area (Å²) < 4.78 is 93.4. The van der Waals surface area contributed by atoms with Crippen LogP contribution < -0.4 is 19.5 Å². The van der Waals surface area contributed by atoms with Gasteiger partial charge in [-0.05, 0) is 61.2 Å². The normalized spacial score (nSPS) is 16.3. The molecule has 1 aliphatic heterocycles. The molecular formula is C25H22F4N4O5S. The number of benzene rings is 2. The highest BCUT2D eigenvalue weighted by Crippen LogP contribution is 2.36. The highest BCUT2D eigenvalue weighted by Gasteiger charge is 2.31. The van der Waals surface area contributed by atoms with E-state index in [0.29, 0.717) is 48.6 Å². The van der Waals surface area contributed by atoms with E-state index in [4.69, 9.17) is 9.47 Å². The zero-order chi connectivity index (χ0) is 27.8. The number of nitrogens with one attached hydrogen (secondary N) is 2. The van der Waals surface area contributed by atoms with Crippen molar-refractivity contribution >= 4 is 21.6 Å². The van der Waals surface area contributed by atoms with E-state index in [1.54, 1.807) is 0 Å². The minimum atomic E-state index is -4.50. The summed E-state index contributed by atoms with van der Waals surface area (Å²) in [6.45, 7) is -0.0409. The standard InChI is InChI=1S/C25H22F4N4O5S/c26-20(14-30-24(34)32-39(35,36)18-8-9-21-22(12-18)38-11-10-37-21)19-3-1-2-15-13-31-33(23(15)19)17-6-4-16(5-7-17)25(27,28)29/h4-9,12-13H,1-3,10-11,14H2,(H2,30,32,34)/b20-19+. The number of nitrogens with zero attached hydrogens (tertiary/aromatic N) is 2. The topological polar surface area (TPSA) is 112 Å². The van der Waals surface area contributed by atoms with E-state index >= 15 is 4.39 Å². The van der Waals surface area contributed by atoms with Crippen molar-refractivity contribution in [3.63, 3.8) is 0 Å². The zero-order valence-electron chi connectivity index (χ0n) is 20.2. The van der Waals surface area contributed by atoms with Crippen LogP contribution in [0.1, 0.15) is 29.7 Å². The summed E-state index contributed by atoms with van der Waals surface area (Å²) in [4.78, 5) is 12.1. The molecule has 2 aliphatic rings. The van der Waals surface area contributed by atoms with Gasteiger partial charge in [0, 0.05) is 11.6 Å². The van der Waals surface area contributed by atoms with E-state index in [1.807, 2.05) is 4.72 Å². The number of fused-ring (bicyclic) bond motifs is 2. The molecule has 0 bridgehead atoms. The number of hydrogen-bond donors (Lipinski definition) is 2. The van der Waals surface area contributed by atoms with Gasteiger partial charge in [-0.15, -0.1) is 0 Å². The van der Waals surface area contributed by atoms with Gasteiger partial charge in [-0.3, -0.25) is 0 Å². The maximum absolute atomic E-state index is 15.3. The molecule has 0 saturated carbocycles. The van der Waals surface area contributed by atoms with Crippen molar-refractivity contribution in [2.24, 2.45) is 0 Å². The predicted octanol–water partition coefficient (Wildman–Crippen LogP) is 4.37. The third kappa shape index (κ3) is 5.55. The molecule has 0 saturated heterocycles. The summed E-state index contributed by atoms with van der Waals surface area (Å²) in [5.41, 5.74) is 0.813. The Morgan fingerprint density at radius 2 is 1.74 bits per heavy atom. The summed E-state index contributed by atoms with van der Waals surface area (Å²) in [6, 6.07) is 7.05. The van der Waals surface area contributed by atoms with Crippen LogP contribution in [0.3, 0.4) is 0 Å². The molecule has 2 heterocycles. The second-order valence-electron chi connectivity index (χ2n) is 8.81. The lowest BCUT2D eigenvalue weighted by atomic mass is 9.92. The maximum Gasteiger partial charge on any atom is 0.416 e. The van der Waals surface area contributed by atoms with Crippen molar-refractivity contribution in [2.75, 3.05) is 19.8 Å². The van der Waals surface area contributed by atoms with Gasteiger partial charge in [0.15, 0.2) is 11.5 Å². The van der Waals surface area contributed by atoms with Gasteiger partial charge < -0.3 is 14.8 Å². The first-order valence-corrected chi connectivity index (χ1v) is 13.3. The molecule has 0 atom stereocenters. The van der Waals surface area contributed by atoms with Gasteiger partial charge >= 0.3 is 12.2 Å². The van der Waals surface area contributed by atoms with Crippen LogP contribution >= 0.6 is 0 Å². The number of alkyl halides is 3. The number of aromatic nitrogens is 2. The summed E-state index contributed by atoms with van der Waals surface area (Å²) in [6.07, 6.45) is -1.49. The SMILES string of the molecule is O=C(NC/C(F)=C1/CCCc2cnn(-c3ccc(C(F)(F)F)cc3)c21)NS(=O)(=O)c1ccc2c(c1)OCCO2. The lowest BCUT2D eigenvalue weighted by molar-refractivity contribution is -0.137. The maximum atomic E-state index is 15.3. The van der Waals surface area contributed by atoms with Crippen molar-refractivity contribution in [1.82, 2.24) is 19.8 Å². The van der Waals surface area contributed by atoms with Crippen molar-refractivity contribution in [3.05, 3.63) is 71.3 Å². The molecule has 14 heteroatoms. The number of carbonyl (C=O) groups is 1. The minimum absolute atomic E-state index is 0.220. The second kappa shape index (κ2) is 10.2. The molecule has 1 aliphatic carbocycles. The Bertz CT molecular complexity index is 1550. The van der Waals surface area contributed by atoms with E-state index in [9.17, 15) is 26.4 Å². The number of halogens is 4. The summed E-state index contributed by atoms with van der Waals surface area (Å²) in [5, 5.41) is 6.44. The van der Waals surface area contributed by atoms with Crippen molar-refractivity contribution in [2.45, 2.75) is 30.3 Å². The first-order chi connectivity index (χ1) is 18.5. The lowest BCUT2D eigenvalue weighted by Crippen LogP contribution is -2.40. The first-order valence-electron chi connectivity index (χ1n) is 11.9. The van der Waals surface area contributed by atoms with E-state index in [1.165, 1.54) is 41.2 Å². The van der Waals surface area contributed by atoms with Gasteiger partial charge in [-0.1, -0.05) is 0 Å². The van der Waals surface area contributed by atoms with Crippen LogP contribution in [0.4, 0.5) is 22.4 Å². The number of sulfonamides is 1. The van der Waals surface area contributed by atoms with Crippen molar-refractivity contribution < 1.29 is 40.2 Å². The molecule has 3 aromatic rings. The Labute approximate surface area is 220 Å². The van der Waals surface area contributed by atoms with Gasteiger partial charge in [0.2, 0.25) is 0 Å². The molecular weight excluding hydrogens is 544 g/mol. The van der Waals surface area contributed by atoms with E-state index in [2.05, 4.69) is 10.4 Å². The number of carbonyl (C=O) groups excluding carboxylic acids is 1. The Balaban J connectivity index is 1.31. The van der Waals surface area contributed by atoms with E-state index < -0.39 is 40.2 Å². The van der Waals surface area contributed by atoms with Crippen LogP contribution in [-0.4, -0.2) is 44.0 Å². The number of amides is 2. The number of urea groups is 1.